The van der Waals surface area contributed by atoms with Crippen LogP contribution in [-0.2, 0) is 19.6 Å². The number of amides is 1. The zero-order chi connectivity index (χ0) is 18.0. The number of sulfonamides is 1. The highest BCUT2D eigenvalue weighted by Crippen LogP contribution is 2.44. The molecule has 0 saturated heterocycles. The molecule has 1 aliphatic rings. The molecule has 1 aliphatic heterocycles. The Labute approximate surface area is 150 Å². The van der Waals surface area contributed by atoms with Gasteiger partial charge in [0.1, 0.15) is 0 Å². The van der Waals surface area contributed by atoms with Crippen LogP contribution in [0.3, 0.4) is 0 Å². The number of hydrogen-bond donors (Lipinski definition) is 2. The van der Waals surface area contributed by atoms with Crippen LogP contribution in [0.5, 0.6) is 0 Å². The minimum absolute atomic E-state index is 0.165. The summed E-state index contributed by atoms with van der Waals surface area (Å²) < 4.78 is 32.4. The lowest BCUT2D eigenvalue weighted by molar-refractivity contribution is -0.112. The topological polar surface area (TPSA) is 84.5 Å². The normalized spacial score (nSPS) is 14.3. The Kier molecular flexibility index (Phi) is 4.69. The van der Waals surface area contributed by atoms with Crippen molar-refractivity contribution in [3.8, 4) is 11.1 Å². The third-order valence-corrected chi connectivity index (χ3v) is 5.17. The van der Waals surface area contributed by atoms with E-state index in [1.54, 1.807) is 31.2 Å². The van der Waals surface area contributed by atoms with Gasteiger partial charge in [0.05, 0.1) is 29.1 Å². The summed E-state index contributed by atoms with van der Waals surface area (Å²) in [5.41, 5.74) is 1.68. The molecule has 2 N–H and O–H groups in total. The molecule has 0 unspecified atom stereocenters. The van der Waals surface area contributed by atoms with Crippen molar-refractivity contribution in [1.82, 2.24) is 0 Å². The summed E-state index contributed by atoms with van der Waals surface area (Å²) >= 11 is 6.16. The zero-order valence-electron chi connectivity index (χ0n) is 13.2. The van der Waals surface area contributed by atoms with Crippen LogP contribution in [0.4, 0.5) is 11.4 Å². The molecule has 0 saturated carbocycles. The molecule has 25 heavy (non-hydrogen) atoms. The van der Waals surface area contributed by atoms with Crippen molar-refractivity contribution in [3.05, 3.63) is 53.8 Å². The van der Waals surface area contributed by atoms with E-state index in [2.05, 4.69) is 10.0 Å². The molecule has 6 nitrogen and oxygen atoms in total. The van der Waals surface area contributed by atoms with Crippen LogP contribution in [0.2, 0.25) is 5.02 Å². The van der Waals surface area contributed by atoms with Gasteiger partial charge >= 0.3 is 0 Å². The van der Waals surface area contributed by atoms with Crippen LogP contribution >= 0.6 is 11.6 Å². The average molecular weight is 379 g/mol. The van der Waals surface area contributed by atoms with Gasteiger partial charge in [0.2, 0.25) is 0 Å². The molecule has 0 aromatic heterocycles. The van der Waals surface area contributed by atoms with Crippen molar-refractivity contribution in [1.29, 1.82) is 0 Å². The molecule has 0 fully saturated rings. The first-order valence-corrected chi connectivity index (χ1v) is 9.33. The molecule has 0 aliphatic carbocycles. The predicted octanol–water partition coefficient (Wildman–Crippen LogP) is 3.61. The SMILES string of the molecule is CCO/C=C/C(=O)Nc1cc(Cl)cc2c1NS(=O)(=O)c1ccccc1-2. The molecule has 3 rings (SSSR count). The molecule has 1 heterocycles. The van der Waals surface area contributed by atoms with E-state index >= 15 is 0 Å². The van der Waals surface area contributed by atoms with Gasteiger partial charge in [0, 0.05) is 22.2 Å². The van der Waals surface area contributed by atoms with Crippen LogP contribution in [0.15, 0.2) is 53.6 Å². The maximum Gasteiger partial charge on any atom is 0.262 e. The maximum absolute atomic E-state index is 12.5. The van der Waals surface area contributed by atoms with Gasteiger partial charge in [-0.05, 0) is 25.1 Å². The first kappa shape index (κ1) is 17.3. The Balaban J connectivity index is 2.08. The molecule has 2 aromatic carbocycles. The molecular weight excluding hydrogens is 364 g/mol. The number of nitrogens with one attached hydrogen (secondary N) is 2. The molecule has 2 aromatic rings. The summed E-state index contributed by atoms with van der Waals surface area (Å²) in [6.45, 7) is 2.23. The van der Waals surface area contributed by atoms with E-state index in [1.165, 1.54) is 24.5 Å². The summed E-state index contributed by atoms with van der Waals surface area (Å²) in [6.07, 6.45) is 2.48. The van der Waals surface area contributed by atoms with Gasteiger partial charge in [-0.25, -0.2) is 8.42 Å². The van der Waals surface area contributed by atoms with E-state index in [0.29, 0.717) is 22.8 Å². The Hall–Kier alpha value is -2.51. The summed E-state index contributed by atoms with van der Waals surface area (Å²) in [7, 11) is -3.73. The molecule has 0 spiro atoms. The highest BCUT2D eigenvalue weighted by Gasteiger charge is 2.29. The second kappa shape index (κ2) is 6.78. The van der Waals surface area contributed by atoms with E-state index in [0.717, 1.165) is 0 Å². The number of benzene rings is 2. The van der Waals surface area contributed by atoms with Crippen molar-refractivity contribution in [2.75, 3.05) is 16.6 Å². The Bertz CT molecular complexity index is 971. The van der Waals surface area contributed by atoms with Crippen LogP contribution in [0, 0.1) is 0 Å². The number of rotatable bonds is 4. The van der Waals surface area contributed by atoms with Crippen molar-refractivity contribution in [2.45, 2.75) is 11.8 Å². The number of fused-ring (bicyclic) bond motifs is 3. The maximum atomic E-state index is 12.5. The summed E-state index contributed by atoms with van der Waals surface area (Å²) in [6, 6.07) is 9.75. The van der Waals surface area contributed by atoms with Crippen LogP contribution < -0.4 is 10.0 Å². The van der Waals surface area contributed by atoms with Crippen LogP contribution in [0.1, 0.15) is 6.92 Å². The van der Waals surface area contributed by atoms with Crippen molar-refractivity contribution < 1.29 is 17.9 Å². The molecule has 0 bridgehead atoms. The first-order chi connectivity index (χ1) is 11.9. The zero-order valence-corrected chi connectivity index (χ0v) is 14.8. The number of ether oxygens (including phenoxy) is 1. The van der Waals surface area contributed by atoms with Gasteiger partial charge in [0.15, 0.2) is 0 Å². The van der Waals surface area contributed by atoms with Crippen LogP contribution in [0.25, 0.3) is 11.1 Å². The Morgan fingerprint density at radius 2 is 2.04 bits per heavy atom. The minimum atomic E-state index is -3.73. The van der Waals surface area contributed by atoms with Gasteiger partial charge in [-0.15, -0.1) is 0 Å². The molecule has 130 valence electrons. The van der Waals surface area contributed by atoms with Gasteiger partial charge in [-0.3, -0.25) is 9.52 Å². The second-order valence-corrected chi connectivity index (χ2v) is 7.31. The lowest BCUT2D eigenvalue weighted by Gasteiger charge is -2.24. The predicted molar refractivity (Wildman–Crippen MR) is 97.1 cm³/mol. The van der Waals surface area contributed by atoms with E-state index < -0.39 is 15.9 Å². The van der Waals surface area contributed by atoms with Gasteiger partial charge < -0.3 is 10.1 Å². The summed E-state index contributed by atoms with van der Waals surface area (Å²) in [5, 5.41) is 3.00. The third-order valence-electron chi connectivity index (χ3n) is 3.55. The fourth-order valence-corrected chi connectivity index (χ4v) is 4.06. The highest BCUT2D eigenvalue weighted by atomic mass is 35.5. The number of hydrogen-bond acceptors (Lipinski definition) is 4. The van der Waals surface area contributed by atoms with Gasteiger partial charge in [-0.1, -0.05) is 29.8 Å². The highest BCUT2D eigenvalue weighted by molar-refractivity contribution is 7.93. The van der Waals surface area contributed by atoms with Crippen LogP contribution in [-0.4, -0.2) is 20.9 Å². The molecule has 0 radical (unpaired) electrons. The smallest absolute Gasteiger partial charge is 0.262 e. The van der Waals surface area contributed by atoms with Gasteiger partial charge in [0.25, 0.3) is 15.9 Å². The minimum Gasteiger partial charge on any atom is -0.501 e. The molecular formula is C17H15ClN2O4S. The fourth-order valence-electron chi connectivity index (χ4n) is 2.52. The number of anilines is 2. The molecule has 1 amide bonds. The fraction of sp³-hybridized carbons (Fsp3) is 0.118. The van der Waals surface area contributed by atoms with E-state index in [4.69, 9.17) is 16.3 Å². The van der Waals surface area contributed by atoms with Crippen molar-refractivity contribution in [3.63, 3.8) is 0 Å². The standard InChI is InChI=1S/C17H15ClN2O4S/c1-2-24-8-7-16(21)19-14-10-11(18)9-13-12-5-3-4-6-15(12)25(22,23)20-17(13)14/h3-10,20H,2H2,1H3,(H,19,21)/b8-7+. The Morgan fingerprint density at radius 3 is 2.80 bits per heavy atom. The quantitative estimate of drug-likeness (QED) is 0.628. The van der Waals surface area contributed by atoms with Crippen molar-refractivity contribution >= 4 is 38.9 Å². The summed E-state index contributed by atoms with van der Waals surface area (Å²) in [4.78, 5) is 12.2. The second-order valence-electron chi connectivity index (χ2n) is 5.22. The number of carbonyl (C=O) groups excluding carboxylic acids is 1. The van der Waals surface area contributed by atoms with E-state index in [-0.39, 0.29) is 16.3 Å². The van der Waals surface area contributed by atoms with Gasteiger partial charge in [-0.2, -0.15) is 0 Å². The largest absolute Gasteiger partial charge is 0.501 e. The van der Waals surface area contributed by atoms with E-state index in [9.17, 15) is 13.2 Å². The molecule has 0 atom stereocenters. The third kappa shape index (κ3) is 3.47. The molecule has 8 heteroatoms. The Morgan fingerprint density at radius 1 is 1.28 bits per heavy atom. The first-order valence-electron chi connectivity index (χ1n) is 7.47. The van der Waals surface area contributed by atoms with Crippen molar-refractivity contribution in [2.24, 2.45) is 0 Å². The number of carbonyl (C=O) groups is 1. The number of halogens is 1. The summed E-state index contributed by atoms with van der Waals surface area (Å²) in [5.74, 6) is -0.462. The van der Waals surface area contributed by atoms with E-state index in [1.807, 2.05) is 0 Å². The monoisotopic (exact) mass is 378 g/mol. The average Bonchev–Trinajstić information content (AvgIpc) is 2.56. The lowest BCUT2D eigenvalue weighted by atomic mass is 10.0. The lowest BCUT2D eigenvalue weighted by Crippen LogP contribution is -2.21.